The molecule has 0 spiro atoms. The molecule has 0 bridgehead atoms. The van der Waals surface area contributed by atoms with Gasteiger partial charge in [-0.15, -0.1) is 11.3 Å². The van der Waals surface area contributed by atoms with Crippen molar-refractivity contribution in [2.45, 2.75) is 19.9 Å². The lowest BCUT2D eigenvalue weighted by Gasteiger charge is -2.04. The maximum atomic E-state index is 5.87. The first kappa shape index (κ1) is 8.08. The maximum absolute atomic E-state index is 5.87. The van der Waals surface area contributed by atoms with Gasteiger partial charge in [0.25, 0.3) is 0 Å². The molecule has 0 saturated carbocycles. The molecule has 0 fully saturated rings. The maximum Gasteiger partial charge on any atom is 0.124 e. The average molecular weight is 201 g/mol. The molecular weight excluding hydrogens is 192 g/mol. The van der Waals surface area contributed by atoms with Crippen LogP contribution in [-0.2, 0) is 0 Å². The van der Waals surface area contributed by atoms with Gasteiger partial charge in [-0.3, -0.25) is 0 Å². The van der Waals surface area contributed by atoms with E-state index >= 15 is 0 Å². The largest absolute Gasteiger partial charge is 0.320 e. The van der Waals surface area contributed by atoms with Crippen molar-refractivity contribution < 1.29 is 0 Å². The van der Waals surface area contributed by atoms with Gasteiger partial charge in [0.1, 0.15) is 10.3 Å². The topological polar surface area (TPSA) is 17.8 Å². The minimum atomic E-state index is 0.449. The molecule has 0 radical (unpaired) electrons. The molecule has 0 N–H and O–H groups in total. The summed E-state index contributed by atoms with van der Waals surface area (Å²) in [7, 11) is 0. The zero-order chi connectivity index (χ0) is 8.72. The third kappa shape index (κ3) is 1.13. The summed E-state index contributed by atoms with van der Waals surface area (Å²) in [5.74, 6) is 0. The molecule has 12 heavy (non-hydrogen) atoms. The molecule has 2 rings (SSSR count). The summed E-state index contributed by atoms with van der Waals surface area (Å²) in [6, 6.07) is 2.35. The highest BCUT2D eigenvalue weighted by Crippen LogP contribution is 2.29. The molecule has 2 heterocycles. The van der Waals surface area contributed by atoms with Gasteiger partial charge in [0, 0.05) is 6.04 Å². The molecular formula is C8H9ClN2S. The summed E-state index contributed by atoms with van der Waals surface area (Å²) in [5, 5.41) is 0. The Morgan fingerprint density at radius 3 is 3.00 bits per heavy atom. The Labute approximate surface area is 79.8 Å². The molecule has 0 aliphatic carbocycles. The van der Waals surface area contributed by atoms with Gasteiger partial charge in [-0.2, -0.15) is 0 Å². The van der Waals surface area contributed by atoms with Crippen molar-refractivity contribution in [2.24, 2.45) is 0 Å². The predicted molar refractivity (Wildman–Crippen MR) is 53.0 cm³/mol. The second kappa shape index (κ2) is 2.75. The number of hydrogen-bond donors (Lipinski definition) is 0. The Kier molecular flexibility index (Phi) is 1.85. The van der Waals surface area contributed by atoms with E-state index in [0.29, 0.717) is 6.04 Å². The molecule has 0 saturated heterocycles. The number of hydrogen-bond acceptors (Lipinski definition) is 2. The van der Waals surface area contributed by atoms with Crippen LogP contribution in [0.1, 0.15) is 19.9 Å². The Hall–Kier alpha value is -0.540. The van der Waals surface area contributed by atoms with Gasteiger partial charge in [-0.1, -0.05) is 11.6 Å². The first-order chi connectivity index (χ1) is 5.68. The number of halogens is 1. The highest BCUT2D eigenvalue weighted by molar-refractivity contribution is 7.22. The fourth-order valence-corrected chi connectivity index (χ4v) is 2.42. The Morgan fingerprint density at radius 1 is 1.58 bits per heavy atom. The normalized spacial score (nSPS) is 11.7. The van der Waals surface area contributed by atoms with Crippen LogP contribution in [0.3, 0.4) is 0 Å². The van der Waals surface area contributed by atoms with Gasteiger partial charge in [0.2, 0.25) is 0 Å². The van der Waals surface area contributed by atoms with E-state index in [1.807, 2.05) is 12.4 Å². The molecule has 0 aliphatic heterocycles. The first-order valence-corrected chi connectivity index (χ1v) is 5.00. The van der Waals surface area contributed by atoms with Crippen LogP contribution in [0.5, 0.6) is 0 Å². The monoisotopic (exact) mass is 200 g/mol. The van der Waals surface area contributed by atoms with E-state index < -0.39 is 0 Å². The predicted octanol–water partition coefficient (Wildman–Crippen LogP) is 3.33. The molecule has 2 nitrogen and oxygen atoms in total. The quantitative estimate of drug-likeness (QED) is 0.691. The molecule has 0 aromatic carbocycles. The van der Waals surface area contributed by atoms with E-state index in [2.05, 4.69) is 23.4 Å². The summed E-state index contributed by atoms with van der Waals surface area (Å²) in [6.45, 7) is 4.27. The van der Waals surface area contributed by atoms with Crippen molar-refractivity contribution in [2.75, 3.05) is 0 Å². The van der Waals surface area contributed by atoms with Gasteiger partial charge in [0.05, 0.1) is 10.7 Å². The Balaban J connectivity index is 2.68. The zero-order valence-electron chi connectivity index (χ0n) is 6.91. The molecule has 4 heteroatoms. The van der Waals surface area contributed by atoms with Gasteiger partial charge in [-0.25, -0.2) is 4.98 Å². The number of fused-ring (bicyclic) bond motifs is 1. The fourth-order valence-electron chi connectivity index (χ4n) is 1.17. The fraction of sp³-hybridized carbons (Fsp3) is 0.375. The first-order valence-electron chi connectivity index (χ1n) is 3.80. The minimum absolute atomic E-state index is 0.449. The Bertz CT molecular complexity index is 402. The van der Waals surface area contributed by atoms with E-state index in [-0.39, 0.29) is 0 Å². The van der Waals surface area contributed by atoms with E-state index in [1.54, 1.807) is 11.3 Å². The highest BCUT2D eigenvalue weighted by Gasteiger charge is 2.08. The third-order valence-electron chi connectivity index (χ3n) is 1.78. The van der Waals surface area contributed by atoms with E-state index in [1.165, 1.54) is 0 Å². The minimum Gasteiger partial charge on any atom is -0.320 e. The number of aromatic nitrogens is 2. The summed E-state index contributed by atoms with van der Waals surface area (Å²) in [6.07, 6.45) is 1.86. The number of thiophene rings is 1. The van der Waals surface area contributed by atoms with Crippen LogP contribution >= 0.6 is 22.9 Å². The van der Waals surface area contributed by atoms with Gasteiger partial charge >= 0.3 is 0 Å². The second-order valence-corrected chi connectivity index (χ2v) is 4.65. The average Bonchev–Trinajstić information content (AvgIpc) is 2.43. The smallest absolute Gasteiger partial charge is 0.124 e. The van der Waals surface area contributed by atoms with Crippen molar-refractivity contribution in [1.29, 1.82) is 0 Å². The molecule has 0 atom stereocenters. The standard InChI is InChI=1S/C8H9ClN2S/c1-5(2)11-4-10-6-3-7(9)12-8(6)11/h3-5H,1-2H3. The van der Waals surface area contributed by atoms with Crippen LogP contribution in [0.25, 0.3) is 10.3 Å². The number of rotatable bonds is 1. The highest BCUT2D eigenvalue weighted by atomic mass is 35.5. The van der Waals surface area contributed by atoms with E-state index in [0.717, 1.165) is 14.7 Å². The van der Waals surface area contributed by atoms with E-state index in [4.69, 9.17) is 11.6 Å². The van der Waals surface area contributed by atoms with Crippen molar-refractivity contribution in [3.8, 4) is 0 Å². The van der Waals surface area contributed by atoms with Crippen molar-refractivity contribution >= 4 is 33.3 Å². The lowest BCUT2D eigenvalue weighted by molar-refractivity contribution is 0.620. The van der Waals surface area contributed by atoms with Crippen molar-refractivity contribution in [3.05, 3.63) is 16.7 Å². The van der Waals surface area contributed by atoms with Crippen LogP contribution in [0.4, 0.5) is 0 Å². The number of imidazole rings is 1. The number of nitrogens with zero attached hydrogens (tertiary/aromatic N) is 2. The summed E-state index contributed by atoms with van der Waals surface area (Å²) in [5.41, 5.74) is 0.999. The summed E-state index contributed by atoms with van der Waals surface area (Å²) >= 11 is 7.45. The molecule has 64 valence electrons. The lowest BCUT2D eigenvalue weighted by atomic mass is 10.4. The van der Waals surface area contributed by atoms with Gasteiger partial charge in [-0.05, 0) is 19.9 Å². The Morgan fingerprint density at radius 2 is 2.33 bits per heavy atom. The SMILES string of the molecule is CC(C)n1cnc2cc(Cl)sc21. The zero-order valence-corrected chi connectivity index (χ0v) is 8.49. The van der Waals surface area contributed by atoms with E-state index in [9.17, 15) is 0 Å². The van der Waals surface area contributed by atoms with Crippen LogP contribution < -0.4 is 0 Å². The lowest BCUT2D eigenvalue weighted by Crippen LogP contribution is -1.96. The summed E-state index contributed by atoms with van der Waals surface area (Å²) in [4.78, 5) is 5.41. The van der Waals surface area contributed by atoms with Crippen LogP contribution in [0.2, 0.25) is 4.34 Å². The molecule has 2 aromatic rings. The summed E-state index contributed by atoms with van der Waals surface area (Å²) < 4.78 is 2.94. The van der Waals surface area contributed by atoms with Crippen LogP contribution in [0, 0.1) is 0 Å². The van der Waals surface area contributed by atoms with Crippen LogP contribution in [0.15, 0.2) is 12.4 Å². The molecule has 2 aromatic heterocycles. The third-order valence-corrected chi connectivity index (χ3v) is 3.04. The van der Waals surface area contributed by atoms with Crippen LogP contribution in [-0.4, -0.2) is 9.55 Å². The molecule has 0 amide bonds. The van der Waals surface area contributed by atoms with Crippen molar-refractivity contribution in [1.82, 2.24) is 9.55 Å². The van der Waals surface area contributed by atoms with Crippen molar-refractivity contribution in [3.63, 3.8) is 0 Å². The second-order valence-electron chi connectivity index (χ2n) is 2.99. The van der Waals surface area contributed by atoms with Gasteiger partial charge < -0.3 is 4.57 Å². The van der Waals surface area contributed by atoms with Gasteiger partial charge in [0.15, 0.2) is 0 Å². The molecule has 0 aliphatic rings. The molecule has 0 unspecified atom stereocenters.